The molecule has 4 rings (SSSR count). The molecule has 1 unspecified atom stereocenters. The zero-order valence-corrected chi connectivity index (χ0v) is 13.9. The van der Waals surface area contributed by atoms with E-state index in [2.05, 4.69) is 0 Å². The van der Waals surface area contributed by atoms with Gasteiger partial charge in [0.25, 0.3) is 0 Å². The van der Waals surface area contributed by atoms with Crippen molar-refractivity contribution in [2.24, 2.45) is 11.7 Å². The molecule has 6 nitrogen and oxygen atoms in total. The monoisotopic (exact) mass is 356 g/mol. The van der Waals surface area contributed by atoms with Crippen LogP contribution in [-0.4, -0.2) is 17.3 Å². The van der Waals surface area contributed by atoms with Gasteiger partial charge in [-0.25, -0.2) is 0 Å². The summed E-state index contributed by atoms with van der Waals surface area (Å²) in [7, 11) is 0. The van der Waals surface area contributed by atoms with Crippen LogP contribution in [0.25, 0.3) is 0 Å². The van der Waals surface area contributed by atoms with Crippen LogP contribution in [0.3, 0.4) is 0 Å². The third kappa shape index (κ3) is 2.37. The normalized spacial score (nSPS) is 18.4. The first-order valence-electron chi connectivity index (χ1n) is 8.14. The fourth-order valence-electron chi connectivity index (χ4n) is 3.34. The van der Waals surface area contributed by atoms with E-state index in [1.165, 1.54) is 12.1 Å². The average Bonchev–Trinajstić information content (AvgIpc) is 2.71. The highest BCUT2D eigenvalue weighted by atomic mass is 16.5. The van der Waals surface area contributed by atoms with Crippen LogP contribution in [0.15, 0.2) is 77.4 Å². The summed E-state index contributed by atoms with van der Waals surface area (Å²) in [5, 5.41) is 9.53. The number of rotatable bonds is 2. The van der Waals surface area contributed by atoms with Crippen molar-refractivity contribution in [2.75, 3.05) is 0 Å². The SMILES string of the molecule is N#CC1=C(N)OC2=C(C(=O)c3ccccc3C2=O)C1C(=O)c1ccccc1. The molecule has 0 spiro atoms. The molecule has 0 fully saturated rings. The van der Waals surface area contributed by atoms with E-state index in [0.29, 0.717) is 5.56 Å². The quantitative estimate of drug-likeness (QED) is 0.828. The van der Waals surface area contributed by atoms with E-state index in [0.717, 1.165) is 0 Å². The molecule has 0 saturated carbocycles. The van der Waals surface area contributed by atoms with E-state index >= 15 is 0 Å². The summed E-state index contributed by atoms with van der Waals surface area (Å²) >= 11 is 0. The smallest absolute Gasteiger partial charge is 0.229 e. The highest BCUT2D eigenvalue weighted by molar-refractivity contribution is 6.28. The summed E-state index contributed by atoms with van der Waals surface area (Å²) in [5.41, 5.74) is 6.15. The number of carbonyl (C=O) groups excluding carboxylic acids is 3. The number of Topliss-reactive ketones (excluding diaryl/α,β-unsaturated/α-hetero) is 3. The molecule has 130 valence electrons. The van der Waals surface area contributed by atoms with Gasteiger partial charge < -0.3 is 10.5 Å². The standard InChI is InChI=1S/C21H12N2O4/c22-10-14-15(17(24)11-6-2-1-3-7-11)16-18(25)12-8-4-5-9-13(12)19(26)20(16)27-21(14)23/h1-9,15H,23H2. The molecule has 1 aliphatic heterocycles. The topological polar surface area (TPSA) is 110 Å². The van der Waals surface area contributed by atoms with Crippen LogP contribution >= 0.6 is 0 Å². The zero-order chi connectivity index (χ0) is 19.1. The van der Waals surface area contributed by atoms with E-state index in [1.807, 2.05) is 6.07 Å². The number of hydrogen-bond acceptors (Lipinski definition) is 6. The second-order valence-electron chi connectivity index (χ2n) is 6.10. The molecule has 2 aromatic rings. The minimum atomic E-state index is -1.29. The van der Waals surface area contributed by atoms with E-state index in [-0.39, 0.29) is 33.9 Å². The van der Waals surface area contributed by atoms with Gasteiger partial charge in [0.2, 0.25) is 11.7 Å². The van der Waals surface area contributed by atoms with Crippen molar-refractivity contribution in [3.63, 3.8) is 0 Å². The number of carbonyl (C=O) groups is 3. The van der Waals surface area contributed by atoms with E-state index in [4.69, 9.17) is 10.5 Å². The Morgan fingerprint density at radius 3 is 2.19 bits per heavy atom. The van der Waals surface area contributed by atoms with Crippen LogP contribution in [0.2, 0.25) is 0 Å². The Balaban J connectivity index is 1.94. The van der Waals surface area contributed by atoms with Crippen molar-refractivity contribution < 1.29 is 19.1 Å². The van der Waals surface area contributed by atoms with Crippen LogP contribution in [0, 0.1) is 17.2 Å². The lowest BCUT2D eigenvalue weighted by Crippen LogP contribution is -2.36. The van der Waals surface area contributed by atoms with Gasteiger partial charge in [0.15, 0.2) is 17.3 Å². The molecule has 1 aliphatic carbocycles. The van der Waals surface area contributed by atoms with Crippen LogP contribution in [-0.2, 0) is 4.74 Å². The Labute approximate surface area is 154 Å². The maximum atomic E-state index is 13.1. The van der Waals surface area contributed by atoms with Crippen molar-refractivity contribution in [1.82, 2.24) is 0 Å². The molecule has 0 saturated heterocycles. The fourth-order valence-corrected chi connectivity index (χ4v) is 3.34. The number of ketones is 3. The van der Waals surface area contributed by atoms with Gasteiger partial charge in [0.05, 0.1) is 11.5 Å². The number of ether oxygens (including phenoxy) is 1. The molecule has 6 heteroatoms. The molecule has 0 radical (unpaired) electrons. The van der Waals surface area contributed by atoms with Gasteiger partial charge >= 0.3 is 0 Å². The maximum absolute atomic E-state index is 13.1. The third-order valence-electron chi connectivity index (χ3n) is 4.61. The summed E-state index contributed by atoms with van der Waals surface area (Å²) in [4.78, 5) is 39.1. The lowest BCUT2D eigenvalue weighted by Gasteiger charge is -2.29. The lowest BCUT2D eigenvalue weighted by molar-refractivity contribution is 0.0853. The van der Waals surface area contributed by atoms with Crippen molar-refractivity contribution in [1.29, 1.82) is 5.26 Å². The Kier molecular flexibility index (Phi) is 3.71. The number of nitrogens with two attached hydrogens (primary N) is 1. The van der Waals surface area contributed by atoms with Gasteiger partial charge in [0, 0.05) is 16.7 Å². The van der Waals surface area contributed by atoms with Crippen molar-refractivity contribution in [2.45, 2.75) is 0 Å². The van der Waals surface area contributed by atoms with Crippen LogP contribution in [0.4, 0.5) is 0 Å². The van der Waals surface area contributed by atoms with Gasteiger partial charge in [-0.05, 0) is 0 Å². The summed E-state index contributed by atoms with van der Waals surface area (Å²) in [6.07, 6.45) is 0. The molecule has 2 N–H and O–H groups in total. The van der Waals surface area contributed by atoms with E-state index in [1.54, 1.807) is 42.5 Å². The van der Waals surface area contributed by atoms with Crippen LogP contribution in [0.5, 0.6) is 0 Å². The molecular formula is C21H12N2O4. The Morgan fingerprint density at radius 2 is 1.56 bits per heavy atom. The van der Waals surface area contributed by atoms with Gasteiger partial charge in [-0.15, -0.1) is 0 Å². The Morgan fingerprint density at radius 1 is 0.963 bits per heavy atom. The number of nitriles is 1. The number of nitrogens with zero attached hydrogens (tertiary/aromatic N) is 1. The highest BCUT2D eigenvalue weighted by Gasteiger charge is 2.46. The first kappa shape index (κ1) is 16.5. The van der Waals surface area contributed by atoms with Crippen molar-refractivity contribution in [3.8, 4) is 6.07 Å². The summed E-state index contributed by atoms with van der Waals surface area (Å²) in [6, 6.07) is 16.4. The molecule has 1 heterocycles. The maximum Gasteiger partial charge on any atom is 0.229 e. The minimum absolute atomic E-state index is 0.140. The van der Waals surface area contributed by atoms with Gasteiger partial charge in [-0.1, -0.05) is 54.6 Å². The number of fused-ring (bicyclic) bond motifs is 1. The molecule has 0 amide bonds. The second-order valence-corrected chi connectivity index (χ2v) is 6.10. The number of benzene rings is 2. The zero-order valence-electron chi connectivity index (χ0n) is 13.9. The van der Waals surface area contributed by atoms with Crippen LogP contribution < -0.4 is 5.73 Å². The lowest BCUT2D eigenvalue weighted by atomic mass is 9.75. The first-order chi connectivity index (χ1) is 13.0. The largest absolute Gasteiger partial charge is 0.436 e. The Bertz CT molecular complexity index is 1120. The summed E-state index contributed by atoms with van der Waals surface area (Å²) in [5.74, 6) is -3.46. The van der Waals surface area contributed by atoms with E-state index < -0.39 is 23.3 Å². The predicted molar refractivity (Wildman–Crippen MR) is 94.3 cm³/mol. The molecule has 2 aromatic carbocycles. The van der Waals surface area contributed by atoms with Crippen molar-refractivity contribution >= 4 is 17.3 Å². The first-order valence-corrected chi connectivity index (χ1v) is 8.14. The van der Waals surface area contributed by atoms with Crippen molar-refractivity contribution in [3.05, 3.63) is 94.1 Å². The molecule has 0 bridgehead atoms. The minimum Gasteiger partial charge on any atom is -0.436 e. The predicted octanol–water partition coefficient (Wildman–Crippen LogP) is 2.54. The molecular weight excluding hydrogens is 344 g/mol. The summed E-state index contributed by atoms with van der Waals surface area (Å²) in [6.45, 7) is 0. The molecule has 1 atom stereocenters. The van der Waals surface area contributed by atoms with E-state index in [9.17, 15) is 19.6 Å². The average molecular weight is 356 g/mol. The number of allylic oxidation sites excluding steroid dienone is 3. The molecule has 27 heavy (non-hydrogen) atoms. The molecule has 2 aliphatic rings. The van der Waals surface area contributed by atoms with Gasteiger partial charge in [0.1, 0.15) is 11.6 Å². The van der Waals surface area contributed by atoms with Gasteiger partial charge in [-0.3, -0.25) is 14.4 Å². The highest BCUT2D eigenvalue weighted by Crippen LogP contribution is 2.40. The molecule has 0 aromatic heterocycles. The second kappa shape index (κ2) is 6.07. The summed E-state index contributed by atoms with van der Waals surface area (Å²) < 4.78 is 5.34. The van der Waals surface area contributed by atoms with Crippen LogP contribution in [0.1, 0.15) is 31.1 Å². The van der Waals surface area contributed by atoms with Gasteiger partial charge in [-0.2, -0.15) is 5.26 Å². The third-order valence-corrected chi connectivity index (χ3v) is 4.61. The fraction of sp³-hybridized carbons (Fsp3) is 0.0476. The Hall–Kier alpha value is -3.98. The number of hydrogen-bond donors (Lipinski definition) is 1.